The Hall–Kier alpha value is -0.910. The smallest absolute Gasteiger partial charge is 0.0670 e. The first-order valence-electron chi connectivity index (χ1n) is 7.18. The molecule has 0 amide bonds. The highest BCUT2D eigenvalue weighted by molar-refractivity contribution is 5.23. The zero-order valence-corrected chi connectivity index (χ0v) is 12.3. The fraction of sp³-hybridized carbons (Fsp3) is 0.786. The summed E-state index contributed by atoms with van der Waals surface area (Å²) in [5.41, 5.74) is 8.51. The number of aryl methyl sites for hydroxylation is 2. The van der Waals surface area contributed by atoms with E-state index in [1.54, 1.807) is 7.11 Å². The number of rotatable bonds is 8. The molecule has 1 fully saturated rings. The van der Waals surface area contributed by atoms with Crippen molar-refractivity contribution in [2.45, 2.75) is 38.3 Å². The third-order valence-electron chi connectivity index (χ3n) is 3.82. The second-order valence-corrected chi connectivity index (χ2v) is 5.27. The number of methoxy groups -OCH3 is 1. The molecule has 0 radical (unpaired) electrons. The standard InChI is InChI=1S/C14H26N4O/c1-4-13-12(10-17(2)16-13)14(9-15)18(7-8-19-3)11-5-6-11/h10-11,14H,4-9,15H2,1-3H3. The minimum atomic E-state index is 0.270. The fourth-order valence-electron chi connectivity index (χ4n) is 2.74. The molecule has 1 aromatic rings. The average molecular weight is 266 g/mol. The molecule has 0 spiro atoms. The van der Waals surface area contributed by atoms with Gasteiger partial charge in [-0.3, -0.25) is 9.58 Å². The molecule has 1 unspecified atom stereocenters. The number of hydrogen-bond donors (Lipinski definition) is 1. The van der Waals surface area contributed by atoms with Gasteiger partial charge in [-0.15, -0.1) is 0 Å². The topological polar surface area (TPSA) is 56.3 Å². The Labute approximate surface area is 115 Å². The second kappa shape index (κ2) is 6.50. The Morgan fingerprint density at radius 3 is 2.84 bits per heavy atom. The van der Waals surface area contributed by atoms with E-state index in [0.29, 0.717) is 12.6 Å². The molecule has 1 aliphatic rings. The lowest BCUT2D eigenvalue weighted by molar-refractivity contribution is 0.115. The van der Waals surface area contributed by atoms with E-state index in [9.17, 15) is 0 Å². The summed E-state index contributed by atoms with van der Waals surface area (Å²) < 4.78 is 7.14. The Kier molecular flexibility index (Phi) is 4.96. The Balaban J connectivity index is 2.20. The molecule has 0 saturated heterocycles. The van der Waals surface area contributed by atoms with Crippen LogP contribution in [0.5, 0.6) is 0 Å². The van der Waals surface area contributed by atoms with Gasteiger partial charge >= 0.3 is 0 Å². The SMILES string of the molecule is CCc1nn(C)cc1C(CN)N(CCOC)C1CC1. The molecule has 2 N–H and O–H groups in total. The van der Waals surface area contributed by atoms with E-state index >= 15 is 0 Å². The zero-order valence-electron chi connectivity index (χ0n) is 12.3. The van der Waals surface area contributed by atoms with Crippen LogP contribution < -0.4 is 5.73 Å². The molecule has 108 valence electrons. The number of hydrogen-bond acceptors (Lipinski definition) is 4. The largest absolute Gasteiger partial charge is 0.383 e. The first-order chi connectivity index (χ1) is 9.21. The lowest BCUT2D eigenvalue weighted by Crippen LogP contribution is -2.38. The van der Waals surface area contributed by atoms with Crippen LogP contribution in [0.15, 0.2) is 6.20 Å². The predicted octanol–water partition coefficient (Wildman–Crippen LogP) is 1.09. The number of aromatic nitrogens is 2. The van der Waals surface area contributed by atoms with Crippen molar-refractivity contribution in [3.8, 4) is 0 Å². The van der Waals surface area contributed by atoms with Crippen molar-refractivity contribution in [3.05, 3.63) is 17.5 Å². The Morgan fingerprint density at radius 1 is 1.58 bits per heavy atom. The minimum Gasteiger partial charge on any atom is -0.383 e. The molecule has 2 rings (SSSR count). The summed E-state index contributed by atoms with van der Waals surface area (Å²) in [4.78, 5) is 2.50. The van der Waals surface area contributed by atoms with E-state index in [4.69, 9.17) is 10.5 Å². The van der Waals surface area contributed by atoms with Gasteiger partial charge in [-0.2, -0.15) is 5.10 Å². The van der Waals surface area contributed by atoms with Crippen LogP contribution >= 0.6 is 0 Å². The number of nitrogens with zero attached hydrogens (tertiary/aromatic N) is 3. The molecular weight excluding hydrogens is 240 g/mol. The molecule has 1 aliphatic carbocycles. The summed E-state index contributed by atoms with van der Waals surface area (Å²) in [6.07, 6.45) is 5.64. The molecule has 5 heteroatoms. The van der Waals surface area contributed by atoms with Gasteiger partial charge in [0.2, 0.25) is 0 Å². The van der Waals surface area contributed by atoms with Crippen LogP contribution in [0, 0.1) is 0 Å². The van der Waals surface area contributed by atoms with Gasteiger partial charge in [0.25, 0.3) is 0 Å². The van der Waals surface area contributed by atoms with E-state index in [-0.39, 0.29) is 6.04 Å². The van der Waals surface area contributed by atoms with Crippen molar-refractivity contribution in [1.82, 2.24) is 14.7 Å². The summed E-state index contributed by atoms with van der Waals surface area (Å²) in [5.74, 6) is 0. The van der Waals surface area contributed by atoms with Gasteiger partial charge in [0.05, 0.1) is 18.3 Å². The average Bonchev–Trinajstić information content (AvgIpc) is 3.17. The number of nitrogens with two attached hydrogens (primary N) is 1. The maximum atomic E-state index is 6.06. The highest BCUT2D eigenvalue weighted by Crippen LogP contribution is 2.34. The van der Waals surface area contributed by atoms with E-state index < -0.39 is 0 Å². The van der Waals surface area contributed by atoms with Crippen LogP contribution in [-0.4, -0.2) is 47.5 Å². The van der Waals surface area contributed by atoms with Crippen LogP contribution in [0.1, 0.15) is 37.1 Å². The van der Waals surface area contributed by atoms with E-state index in [1.165, 1.54) is 24.1 Å². The van der Waals surface area contributed by atoms with Gasteiger partial charge in [-0.05, 0) is 19.3 Å². The van der Waals surface area contributed by atoms with Gasteiger partial charge in [0.15, 0.2) is 0 Å². The first-order valence-corrected chi connectivity index (χ1v) is 7.18. The molecule has 0 aliphatic heterocycles. The molecule has 1 atom stereocenters. The molecule has 0 aromatic carbocycles. The highest BCUT2D eigenvalue weighted by atomic mass is 16.5. The quantitative estimate of drug-likeness (QED) is 0.765. The highest BCUT2D eigenvalue weighted by Gasteiger charge is 2.35. The molecule has 5 nitrogen and oxygen atoms in total. The summed E-state index contributed by atoms with van der Waals surface area (Å²) in [5, 5.41) is 4.54. The lowest BCUT2D eigenvalue weighted by atomic mass is 10.0. The first kappa shape index (κ1) is 14.5. The third-order valence-corrected chi connectivity index (χ3v) is 3.82. The van der Waals surface area contributed by atoms with Crippen molar-refractivity contribution in [2.24, 2.45) is 12.8 Å². The molecule has 1 heterocycles. The molecule has 19 heavy (non-hydrogen) atoms. The van der Waals surface area contributed by atoms with Crippen molar-refractivity contribution in [1.29, 1.82) is 0 Å². The number of ether oxygens (including phenoxy) is 1. The summed E-state index contributed by atoms with van der Waals surface area (Å²) in [6.45, 7) is 4.49. The van der Waals surface area contributed by atoms with Crippen molar-refractivity contribution >= 4 is 0 Å². The summed E-state index contributed by atoms with van der Waals surface area (Å²) in [7, 11) is 3.73. The minimum absolute atomic E-state index is 0.270. The lowest BCUT2D eigenvalue weighted by Gasteiger charge is -2.30. The second-order valence-electron chi connectivity index (χ2n) is 5.27. The van der Waals surface area contributed by atoms with Crippen LogP contribution in [0.4, 0.5) is 0 Å². The van der Waals surface area contributed by atoms with Crippen LogP contribution in [0.2, 0.25) is 0 Å². The van der Waals surface area contributed by atoms with Crippen LogP contribution in [0.25, 0.3) is 0 Å². The van der Waals surface area contributed by atoms with E-state index in [1.807, 2.05) is 11.7 Å². The van der Waals surface area contributed by atoms with E-state index in [2.05, 4.69) is 23.1 Å². The zero-order chi connectivity index (χ0) is 13.8. The summed E-state index contributed by atoms with van der Waals surface area (Å²) in [6, 6.07) is 0.944. The van der Waals surface area contributed by atoms with Crippen molar-refractivity contribution in [3.63, 3.8) is 0 Å². The van der Waals surface area contributed by atoms with Gasteiger partial charge in [-0.1, -0.05) is 6.92 Å². The Bertz CT molecular complexity index is 400. The van der Waals surface area contributed by atoms with Gasteiger partial charge in [0, 0.05) is 45.0 Å². The fourth-order valence-corrected chi connectivity index (χ4v) is 2.74. The van der Waals surface area contributed by atoms with Crippen molar-refractivity contribution in [2.75, 3.05) is 26.8 Å². The maximum Gasteiger partial charge on any atom is 0.0670 e. The Morgan fingerprint density at radius 2 is 2.32 bits per heavy atom. The van der Waals surface area contributed by atoms with Crippen molar-refractivity contribution < 1.29 is 4.74 Å². The predicted molar refractivity (Wildman–Crippen MR) is 76.0 cm³/mol. The molecule has 0 bridgehead atoms. The monoisotopic (exact) mass is 266 g/mol. The molecular formula is C14H26N4O. The third kappa shape index (κ3) is 3.35. The van der Waals surface area contributed by atoms with Gasteiger partial charge in [0.1, 0.15) is 0 Å². The molecule has 1 saturated carbocycles. The van der Waals surface area contributed by atoms with Crippen LogP contribution in [-0.2, 0) is 18.2 Å². The maximum absolute atomic E-state index is 6.06. The van der Waals surface area contributed by atoms with Gasteiger partial charge < -0.3 is 10.5 Å². The van der Waals surface area contributed by atoms with Crippen LogP contribution in [0.3, 0.4) is 0 Å². The summed E-state index contributed by atoms with van der Waals surface area (Å²) >= 11 is 0. The normalized spacial score (nSPS) is 17.1. The van der Waals surface area contributed by atoms with Gasteiger partial charge in [-0.25, -0.2) is 0 Å². The molecule has 1 aromatic heterocycles. The van der Waals surface area contributed by atoms with E-state index in [0.717, 1.165) is 19.6 Å².